The first kappa shape index (κ1) is 15.2. The smallest absolute Gasteiger partial charge is 0.414 e. The van der Waals surface area contributed by atoms with Crippen LogP contribution in [0.25, 0.3) is 0 Å². The SMILES string of the molecule is CCC(=O)c1ccccc1N(C)C(=O)OC(C)(C)C. The second kappa shape index (κ2) is 5.87. The van der Waals surface area contributed by atoms with E-state index in [4.69, 9.17) is 4.74 Å². The molecular weight excluding hydrogens is 242 g/mol. The molecule has 0 N–H and O–H groups in total. The molecule has 1 aromatic carbocycles. The van der Waals surface area contributed by atoms with Crippen LogP contribution in [-0.4, -0.2) is 24.5 Å². The number of hydrogen-bond donors (Lipinski definition) is 0. The van der Waals surface area contributed by atoms with Crippen molar-refractivity contribution < 1.29 is 14.3 Å². The summed E-state index contributed by atoms with van der Waals surface area (Å²) in [6.07, 6.45) is -0.0667. The predicted molar refractivity (Wildman–Crippen MR) is 75.7 cm³/mol. The molecule has 4 heteroatoms. The number of carbonyl (C=O) groups is 2. The van der Waals surface area contributed by atoms with Gasteiger partial charge < -0.3 is 4.74 Å². The van der Waals surface area contributed by atoms with Crippen LogP contribution >= 0.6 is 0 Å². The first-order valence-electron chi connectivity index (χ1n) is 6.35. The van der Waals surface area contributed by atoms with Gasteiger partial charge in [0.2, 0.25) is 0 Å². The molecule has 0 saturated carbocycles. The maximum Gasteiger partial charge on any atom is 0.414 e. The number of ether oxygens (including phenoxy) is 1. The molecule has 0 radical (unpaired) electrons. The quantitative estimate of drug-likeness (QED) is 0.782. The van der Waals surface area contributed by atoms with Gasteiger partial charge in [-0.05, 0) is 32.9 Å². The van der Waals surface area contributed by atoms with Crippen LogP contribution in [0.4, 0.5) is 10.5 Å². The minimum atomic E-state index is -0.560. The third kappa shape index (κ3) is 4.09. The Balaban J connectivity index is 3.03. The highest BCUT2D eigenvalue weighted by Crippen LogP contribution is 2.22. The van der Waals surface area contributed by atoms with Gasteiger partial charge in [0.15, 0.2) is 5.78 Å². The standard InChI is InChI=1S/C15H21NO3/c1-6-13(17)11-9-7-8-10-12(11)16(5)14(18)19-15(2,3)4/h7-10H,6H2,1-5H3. The van der Waals surface area contributed by atoms with Crippen molar-refractivity contribution in [1.82, 2.24) is 0 Å². The number of hydrogen-bond acceptors (Lipinski definition) is 3. The van der Waals surface area contributed by atoms with Gasteiger partial charge in [0.1, 0.15) is 5.60 Å². The highest BCUT2D eigenvalue weighted by molar-refractivity contribution is 6.04. The molecular formula is C15H21NO3. The van der Waals surface area contributed by atoms with Crippen LogP contribution < -0.4 is 4.90 Å². The van der Waals surface area contributed by atoms with Crippen molar-refractivity contribution in [1.29, 1.82) is 0 Å². The molecule has 0 aliphatic carbocycles. The molecule has 19 heavy (non-hydrogen) atoms. The zero-order valence-electron chi connectivity index (χ0n) is 12.2. The van der Waals surface area contributed by atoms with Crippen LogP contribution in [0.2, 0.25) is 0 Å². The van der Waals surface area contributed by atoms with Crippen molar-refractivity contribution in [2.75, 3.05) is 11.9 Å². The van der Waals surface area contributed by atoms with Crippen LogP contribution in [0.3, 0.4) is 0 Å². The molecule has 1 rings (SSSR count). The van der Waals surface area contributed by atoms with Crippen molar-refractivity contribution in [3.05, 3.63) is 29.8 Å². The van der Waals surface area contributed by atoms with Gasteiger partial charge in [-0.3, -0.25) is 9.69 Å². The van der Waals surface area contributed by atoms with Crippen LogP contribution in [0, 0.1) is 0 Å². The van der Waals surface area contributed by atoms with E-state index in [0.29, 0.717) is 17.7 Å². The lowest BCUT2D eigenvalue weighted by Gasteiger charge is -2.25. The van der Waals surface area contributed by atoms with Crippen LogP contribution in [0.1, 0.15) is 44.5 Å². The molecule has 4 nitrogen and oxygen atoms in total. The summed E-state index contributed by atoms with van der Waals surface area (Å²) < 4.78 is 5.30. The predicted octanol–water partition coefficient (Wildman–Crippen LogP) is 3.65. The van der Waals surface area contributed by atoms with Crippen molar-refractivity contribution in [2.24, 2.45) is 0 Å². The van der Waals surface area contributed by atoms with Crippen molar-refractivity contribution >= 4 is 17.6 Å². The van der Waals surface area contributed by atoms with Gasteiger partial charge >= 0.3 is 6.09 Å². The van der Waals surface area contributed by atoms with E-state index in [1.54, 1.807) is 38.2 Å². The molecule has 1 aromatic rings. The zero-order valence-corrected chi connectivity index (χ0v) is 12.2. The molecule has 0 spiro atoms. The largest absolute Gasteiger partial charge is 0.443 e. The summed E-state index contributed by atoms with van der Waals surface area (Å²) in [4.78, 5) is 25.3. The highest BCUT2D eigenvalue weighted by atomic mass is 16.6. The number of rotatable bonds is 3. The summed E-state index contributed by atoms with van der Waals surface area (Å²) in [6.45, 7) is 7.22. The second-order valence-electron chi connectivity index (χ2n) is 5.33. The lowest BCUT2D eigenvalue weighted by Crippen LogP contribution is -2.34. The fourth-order valence-electron chi connectivity index (χ4n) is 1.62. The van der Waals surface area contributed by atoms with E-state index in [0.717, 1.165) is 0 Å². The Morgan fingerprint density at radius 1 is 1.21 bits per heavy atom. The topological polar surface area (TPSA) is 46.6 Å². The number of anilines is 1. The van der Waals surface area contributed by atoms with E-state index in [2.05, 4.69) is 0 Å². The molecule has 104 valence electrons. The van der Waals surface area contributed by atoms with Crippen molar-refractivity contribution in [3.8, 4) is 0 Å². The monoisotopic (exact) mass is 263 g/mol. The van der Waals surface area contributed by atoms with Gasteiger partial charge in [-0.1, -0.05) is 19.1 Å². The normalized spacial score (nSPS) is 11.0. The number of Topliss-reactive ketones (excluding diaryl/α,β-unsaturated/α-hetero) is 1. The molecule has 0 aliphatic heterocycles. The van der Waals surface area contributed by atoms with Crippen LogP contribution in [-0.2, 0) is 4.74 Å². The maximum absolute atomic E-state index is 12.0. The molecule has 0 unspecified atom stereocenters. The maximum atomic E-state index is 12.0. The van der Waals surface area contributed by atoms with E-state index in [9.17, 15) is 9.59 Å². The average Bonchev–Trinajstić information content (AvgIpc) is 2.35. The summed E-state index contributed by atoms with van der Waals surface area (Å²) in [5.74, 6) is 0.00556. The number of amides is 1. The Kier molecular flexibility index (Phi) is 4.70. The van der Waals surface area contributed by atoms with Gasteiger partial charge in [-0.25, -0.2) is 4.79 Å². The second-order valence-corrected chi connectivity index (χ2v) is 5.33. The summed E-state index contributed by atoms with van der Waals surface area (Å²) >= 11 is 0. The first-order chi connectivity index (χ1) is 8.76. The Hall–Kier alpha value is -1.84. The number of carbonyl (C=O) groups excluding carboxylic acids is 2. The summed E-state index contributed by atoms with van der Waals surface area (Å²) in [5, 5.41) is 0. The van der Waals surface area contributed by atoms with E-state index in [1.165, 1.54) is 4.90 Å². The third-order valence-corrected chi connectivity index (χ3v) is 2.55. The molecule has 0 saturated heterocycles. The van der Waals surface area contributed by atoms with E-state index in [1.807, 2.05) is 20.8 Å². The molecule has 0 bridgehead atoms. The zero-order chi connectivity index (χ0) is 14.6. The van der Waals surface area contributed by atoms with Gasteiger partial charge in [0.25, 0.3) is 0 Å². The Morgan fingerprint density at radius 3 is 2.32 bits per heavy atom. The van der Waals surface area contributed by atoms with Crippen LogP contribution in [0.5, 0.6) is 0 Å². The Labute approximate surface area is 114 Å². The van der Waals surface area contributed by atoms with E-state index in [-0.39, 0.29) is 5.78 Å². The first-order valence-corrected chi connectivity index (χ1v) is 6.35. The van der Waals surface area contributed by atoms with Crippen molar-refractivity contribution in [3.63, 3.8) is 0 Å². The third-order valence-electron chi connectivity index (χ3n) is 2.55. The lowest BCUT2D eigenvalue weighted by atomic mass is 10.1. The minimum absolute atomic E-state index is 0.00556. The summed E-state index contributed by atoms with van der Waals surface area (Å²) in [5.41, 5.74) is 0.552. The molecule has 0 aliphatic rings. The molecule has 0 atom stereocenters. The Morgan fingerprint density at radius 2 is 1.79 bits per heavy atom. The summed E-state index contributed by atoms with van der Waals surface area (Å²) in [6, 6.07) is 7.05. The number of ketones is 1. The van der Waals surface area contributed by atoms with E-state index < -0.39 is 11.7 Å². The van der Waals surface area contributed by atoms with Crippen molar-refractivity contribution in [2.45, 2.75) is 39.7 Å². The average molecular weight is 263 g/mol. The fourth-order valence-corrected chi connectivity index (χ4v) is 1.62. The summed E-state index contributed by atoms with van der Waals surface area (Å²) in [7, 11) is 1.61. The lowest BCUT2D eigenvalue weighted by molar-refractivity contribution is 0.0589. The van der Waals surface area contributed by atoms with E-state index >= 15 is 0 Å². The minimum Gasteiger partial charge on any atom is -0.443 e. The fraction of sp³-hybridized carbons (Fsp3) is 0.467. The number of para-hydroxylation sites is 1. The van der Waals surface area contributed by atoms with Gasteiger partial charge in [0.05, 0.1) is 5.69 Å². The van der Waals surface area contributed by atoms with Gasteiger partial charge in [-0.2, -0.15) is 0 Å². The molecule has 1 amide bonds. The van der Waals surface area contributed by atoms with Gasteiger partial charge in [-0.15, -0.1) is 0 Å². The number of nitrogens with zero attached hydrogens (tertiary/aromatic N) is 1. The number of benzene rings is 1. The Bertz CT molecular complexity index is 475. The van der Waals surface area contributed by atoms with Gasteiger partial charge in [0, 0.05) is 19.0 Å². The molecule has 0 fully saturated rings. The molecule has 0 heterocycles. The van der Waals surface area contributed by atoms with Crippen LogP contribution in [0.15, 0.2) is 24.3 Å². The highest BCUT2D eigenvalue weighted by Gasteiger charge is 2.23. The molecule has 0 aromatic heterocycles.